The largest absolute Gasteiger partial charge is 0.487 e. The Morgan fingerprint density at radius 2 is 2.19 bits per heavy atom. The summed E-state index contributed by atoms with van der Waals surface area (Å²) < 4.78 is 5.65. The van der Waals surface area contributed by atoms with Gasteiger partial charge in [0, 0.05) is 23.9 Å². The fraction of sp³-hybridized carbons (Fsp3) is 0.267. The SMILES string of the molecule is Cc1cccnc1COc1ccc([N+](=O)[O-])cc1[C@H](C)O. The Labute approximate surface area is 122 Å². The van der Waals surface area contributed by atoms with E-state index in [1.807, 2.05) is 19.1 Å². The summed E-state index contributed by atoms with van der Waals surface area (Å²) in [6.45, 7) is 3.71. The second-order valence-corrected chi connectivity index (χ2v) is 4.71. The van der Waals surface area contributed by atoms with Crippen molar-refractivity contribution in [2.45, 2.75) is 26.6 Å². The van der Waals surface area contributed by atoms with E-state index >= 15 is 0 Å². The van der Waals surface area contributed by atoms with Crippen LogP contribution in [0, 0.1) is 17.0 Å². The first-order valence-corrected chi connectivity index (χ1v) is 6.48. The van der Waals surface area contributed by atoms with E-state index in [4.69, 9.17) is 4.74 Å². The summed E-state index contributed by atoms with van der Waals surface area (Å²) in [4.78, 5) is 14.5. The average Bonchev–Trinajstić information content (AvgIpc) is 2.46. The van der Waals surface area contributed by atoms with Crippen molar-refractivity contribution in [3.05, 3.63) is 63.5 Å². The molecule has 0 aliphatic heterocycles. The van der Waals surface area contributed by atoms with Gasteiger partial charge in [-0.3, -0.25) is 15.1 Å². The van der Waals surface area contributed by atoms with Crippen LogP contribution in [0.4, 0.5) is 5.69 Å². The Kier molecular flexibility index (Phi) is 4.49. The van der Waals surface area contributed by atoms with Crippen LogP contribution in [-0.4, -0.2) is 15.0 Å². The van der Waals surface area contributed by atoms with Gasteiger partial charge in [0.25, 0.3) is 5.69 Å². The van der Waals surface area contributed by atoms with Gasteiger partial charge in [0.05, 0.1) is 16.7 Å². The van der Waals surface area contributed by atoms with Crippen molar-refractivity contribution < 1.29 is 14.8 Å². The third-order valence-corrected chi connectivity index (χ3v) is 3.14. The third kappa shape index (κ3) is 3.55. The van der Waals surface area contributed by atoms with Crippen molar-refractivity contribution in [1.82, 2.24) is 4.98 Å². The Hall–Kier alpha value is -2.47. The highest BCUT2D eigenvalue weighted by molar-refractivity contribution is 5.44. The van der Waals surface area contributed by atoms with Crippen LogP contribution in [-0.2, 0) is 6.61 Å². The maximum Gasteiger partial charge on any atom is 0.270 e. The molecule has 1 heterocycles. The Balaban J connectivity index is 2.23. The summed E-state index contributed by atoms with van der Waals surface area (Å²) in [5, 5.41) is 20.5. The van der Waals surface area contributed by atoms with Crippen molar-refractivity contribution >= 4 is 5.69 Å². The van der Waals surface area contributed by atoms with Crippen molar-refractivity contribution in [2.75, 3.05) is 0 Å². The number of nitrogens with zero attached hydrogens (tertiary/aromatic N) is 2. The summed E-state index contributed by atoms with van der Waals surface area (Å²) in [6, 6.07) is 7.94. The van der Waals surface area contributed by atoms with Gasteiger partial charge in [-0.2, -0.15) is 0 Å². The number of aliphatic hydroxyl groups excluding tert-OH is 1. The highest BCUT2D eigenvalue weighted by Gasteiger charge is 2.15. The van der Waals surface area contributed by atoms with Crippen LogP contribution in [0.25, 0.3) is 0 Å². The molecule has 1 N–H and O–H groups in total. The predicted molar refractivity (Wildman–Crippen MR) is 77.0 cm³/mol. The zero-order chi connectivity index (χ0) is 15.4. The molecule has 0 aliphatic rings. The Morgan fingerprint density at radius 1 is 1.43 bits per heavy atom. The van der Waals surface area contributed by atoms with E-state index in [2.05, 4.69) is 4.98 Å². The minimum Gasteiger partial charge on any atom is -0.487 e. The number of nitro benzene ring substituents is 1. The van der Waals surface area contributed by atoms with Crippen LogP contribution >= 0.6 is 0 Å². The molecule has 6 heteroatoms. The van der Waals surface area contributed by atoms with Crippen LogP contribution in [0.3, 0.4) is 0 Å². The summed E-state index contributed by atoms with van der Waals surface area (Å²) in [6.07, 6.45) is 0.821. The number of ether oxygens (including phenoxy) is 1. The number of aromatic nitrogens is 1. The van der Waals surface area contributed by atoms with Crippen LogP contribution in [0.1, 0.15) is 29.8 Å². The first-order valence-electron chi connectivity index (χ1n) is 6.48. The maximum absolute atomic E-state index is 10.8. The number of aryl methyl sites for hydroxylation is 1. The second-order valence-electron chi connectivity index (χ2n) is 4.71. The molecule has 0 bridgehead atoms. The van der Waals surface area contributed by atoms with E-state index in [0.29, 0.717) is 11.3 Å². The van der Waals surface area contributed by atoms with E-state index < -0.39 is 11.0 Å². The molecule has 0 fully saturated rings. The van der Waals surface area contributed by atoms with E-state index in [0.717, 1.165) is 11.3 Å². The summed E-state index contributed by atoms with van der Waals surface area (Å²) in [7, 11) is 0. The quantitative estimate of drug-likeness (QED) is 0.675. The molecule has 2 aromatic rings. The number of hydrogen-bond acceptors (Lipinski definition) is 5. The zero-order valence-corrected chi connectivity index (χ0v) is 11.8. The number of non-ortho nitro benzene ring substituents is 1. The third-order valence-electron chi connectivity index (χ3n) is 3.14. The van der Waals surface area contributed by atoms with Crippen LogP contribution in [0.2, 0.25) is 0 Å². The molecule has 0 amide bonds. The minimum atomic E-state index is -0.857. The molecule has 0 unspecified atom stereocenters. The standard InChI is InChI=1S/C15H16N2O4/c1-10-4-3-7-16-14(10)9-21-15-6-5-12(17(19)20)8-13(15)11(2)18/h3-8,11,18H,9H2,1-2H3/t11-/m0/s1. The molecule has 0 saturated heterocycles. The number of benzene rings is 1. The van der Waals surface area contributed by atoms with E-state index in [1.165, 1.54) is 25.1 Å². The lowest BCUT2D eigenvalue weighted by atomic mass is 10.1. The number of hydrogen-bond donors (Lipinski definition) is 1. The second kappa shape index (κ2) is 6.32. The predicted octanol–water partition coefficient (Wildman–Crippen LogP) is 2.93. The molecule has 1 aromatic heterocycles. The molecule has 0 spiro atoms. The first kappa shape index (κ1) is 14.9. The molecule has 2 rings (SSSR count). The molecular weight excluding hydrogens is 272 g/mol. The summed E-state index contributed by atoms with van der Waals surface area (Å²) in [5.74, 6) is 0.417. The van der Waals surface area contributed by atoms with E-state index in [-0.39, 0.29) is 12.3 Å². The van der Waals surface area contributed by atoms with Gasteiger partial charge in [0.1, 0.15) is 12.4 Å². The number of rotatable bonds is 5. The van der Waals surface area contributed by atoms with Crippen LogP contribution < -0.4 is 4.74 Å². The molecule has 1 atom stereocenters. The fourth-order valence-corrected chi connectivity index (χ4v) is 1.92. The van der Waals surface area contributed by atoms with Gasteiger partial charge in [-0.05, 0) is 31.5 Å². The highest BCUT2D eigenvalue weighted by Crippen LogP contribution is 2.29. The highest BCUT2D eigenvalue weighted by atomic mass is 16.6. The van der Waals surface area contributed by atoms with Crippen molar-refractivity contribution in [2.24, 2.45) is 0 Å². The average molecular weight is 288 g/mol. The lowest BCUT2D eigenvalue weighted by Gasteiger charge is -2.13. The van der Waals surface area contributed by atoms with Crippen LogP contribution in [0.15, 0.2) is 36.5 Å². The molecule has 110 valence electrons. The molecule has 6 nitrogen and oxygen atoms in total. The Morgan fingerprint density at radius 3 is 2.81 bits per heavy atom. The van der Waals surface area contributed by atoms with Gasteiger partial charge in [-0.1, -0.05) is 6.07 Å². The summed E-state index contributed by atoms with van der Waals surface area (Å²) >= 11 is 0. The van der Waals surface area contributed by atoms with E-state index in [1.54, 1.807) is 6.20 Å². The van der Waals surface area contributed by atoms with Gasteiger partial charge in [-0.25, -0.2) is 0 Å². The van der Waals surface area contributed by atoms with Gasteiger partial charge >= 0.3 is 0 Å². The zero-order valence-electron chi connectivity index (χ0n) is 11.8. The number of pyridine rings is 1. The molecule has 21 heavy (non-hydrogen) atoms. The van der Waals surface area contributed by atoms with Gasteiger partial charge < -0.3 is 9.84 Å². The summed E-state index contributed by atoms with van der Waals surface area (Å²) in [5.41, 5.74) is 2.09. The van der Waals surface area contributed by atoms with Crippen LogP contribution in [0.5, 0.6) is 5.75 Å². The lowest BCUT2D eigenvalue weighted by molar-refractivity contribution is -0.385. The smallest absolute Gasteiger partial charge is 0.270 e. The van der Waals surface area contributed by atoms with Crippen molar-refractivity contribution in [3.8, 4) is 5.75 Å². The van der Waals surface area contributed by atoms with Gasteiger partial charge in [-0.15, -0.1) is 0 Å². The number of nitro groups is 1. The number of aliphatic hydroxyl groups is 1. The van der Waals surface area contributed by atoms with Gasteiger partial charge in [0.2, 0.25) is 0 Å². The molecule has 1 aromatic carbocycles. The topological polar surface area (TPSA) is 85.5 Å². The molecular formula is C15H16N2O4. The fourth-order valence-electron chi connectivity index (χ4n) is 1.92. The molecule has 0 radical (unpaired) electrons. The molecule has 0 saturated carbocycles. The van der Waals surface area contributed by atoms with Crippen molar-refractivity contribution in [3.63, 3.8) is 0 Å². The van der Waals surface area contributed by atoms with Gasteiger partial charge in [0.15, 0.2) is 0 Å². The normalized spacial score (nSPS) is 12.0. The first-order chi connectivity index (χ1) is 9.99. The minimum absolute atomic E-state index is 0.0766. The van der Waals surface area contributed by atoms with E-state index in [9.17, 15) is 15.2 Å². The lowest BCUT2D eigenvalue weighted by Crippen LogP contribution is -2.04. The van der Waals surface area contributed by atoms with Crippen molar-refractivity contribution in [1.29, 1.82) is 0 Å². The monoisotopic (exact) mass is 288 g/mol. The maximum atomic E-state index is 10.8. The molecule has 0 aliphatic carbocycles. The Bertz CT molecular complexity index is 656.